The summed E-state index contributed by atoms with van der Waals surface area (Å²) in [5.74, 6) is 0.496. The minimum Gasteiger partial charge on any atom is -0.497 e. The molecule has 2 N–H and O–H groups in total. The summed E-state index contributed by atoms with van der Waals surface area (Å²) in [5, 5.41) is 4.53. The number of benzene rings is 1. The van der Waals surface area contributed by atoms with Crippen LogP contribution in [0.25, 0.3) is 0 Å². The average Bonchev–Trinajstić information content (AvgIpc) is 2.82. The highest BCUT2D eigenvalue weighted by Crippen LogP contribution is 2.26. The van der Waals surface area contributed by atoms with Crippen LogP contribution in [0.1, 0.15) is 15.9 Å². The zero-order valence-electron chi connectivity index (χ0n) is 12.2. The average molecular weight is 303 g/mol. The minimum atomic E-state index is -0.634. The Bertz CT molecular complexity index is 615. The van der Waals surface area contributed by atoms with Crippen LogP contribution in [-0.4, -0.2) is 42.9 Å². The summed E-state index contributed by atoms with van der Waals surface area (Å²) < 4.78 is 5.12. The van der Waals surface area contributed by atoms with Crippen molar-refractivity contribution in [1.82, 2.24) is 15.5 Å². The molecule has 7 heteroatoms. The SMILES string of the molecule is C=C[C@H](CN1Cc2ccc(OC)cc2C1=O)NC(=O)NC=O. The number of ether oxygens (including phenoxy) is 1. The fraction of sp³-hybridized carbons (Fsp3) is 0.267. The van der Waals surface area contributed by atoms with Gasteiger partial charge in [-0.2, -0.15) is 0 Å². The maximum atomic E-state index is 12.4. The summed E-state index contributed by atoms with van der Waals surface area (Å²) in [7, 11) is 1.54. The third kappa shape index (κ3) is 3.25. The zero-order valence-corrected chi connectivity index (χ0v) is 12.2. The van der Waals surface area contributed by atoms with E-state index in [2.05, 4.69) is 11.9 Å². The molecule has 1 heterocycles. The second-order valence-electron chi connectivity index (χ2n) is 4.79. The molecule has 4 amide bonds. The fourth-order valence-corrected chi connectivity index (χ4v) is 2.29. The van der Waals surface area contributed by atoms with E-state index in [-0.39, 0.29) is 12.5 Å². The molecule has 0 saturated heterocycles. The minimum absolute atomic E-state index is 0.127. The first-order chi connectivity index (χ1) is 10.6. The van der Waals surface area contributed by atoms with Crippen LogP contribution in [0.15, 0.2) is 30.9 Å². The van der Waals surface area contributed by atoms with Gasteiger partial charge in [0, 0.05) is 18.7 Å². The number of nitrogens with zero attached hydrogens (tertiary/aromatic N) is 1. The summed E-state index contributed by atoms with van der Waals surface area (Å²) in [6, 6.07) is 4.26. The summed E-state index contributed by atoms with van der Waals surface area (Å²) in [4.78, 5) is 35.6. The Balaban J connectivity index is 2.05. The van der Waals surface area contributed by atoms with Crippen molar-refractivity contribution in [1.29, 1.82) is 0 Å². The summed E-state index contributed by atoms with van der Waals surface area (Å²) in [5.41, 5.74) is 1.51. The maximum absolute atomic E-state index is 12.4. The smallest absolute Gasteiger partial charge is 0.321 e. The predicted octanol–water partition coefficient (Wildman–Crippen LogP) is 0.661. The van der Waals surface area contributed by atoms with Crippen molar-refractivity contribution in [3.63, 3.8) is 0 Å². The first kappa shape index (κ1) is 15.6. The number of hydrogen-bond acceptors (Lipinski definition) is 4. The molecule has 22 heavy (non-hydrogen) atoms. The van der Waals surface area contributed by atoms with Crippen LogP contribution in [-0.2, 0) is 11.3 Å². The largest absolute Gasteiger partial charge is 0.497 e. The van der Waals surface area contributed by atoms with Crippen molar-refractivity contribution < 1.29 is 19.1 Å². The molecule has 0 bridgehead atoms. The lowest BCUT2D eigenvalue weighted by Gasteiger charge is -2.22. The second kappa shape index (κ2) is 6.75. The van der Waals surface area contributed by atoms with Crippen molar-refractivity contribution in [3.8, 4) is 5.75 Å². The molecule has 1 aromatic carbocycles. The molecule has 0 spiro atoms. The molecule has 1 aromatic rings. The summed E-state index contributed by atoms with van der Waals surface area (Å²) in [6.07, 6.45) is 1.81. The second-order valence-corrected chi connectivity index (χ2v) is 4.79. The highest BCUT2D eigenvalue weighted by Gasteiger charge is 2.29. The molecule has 116 valence electrons. The standard InChI is InChI=1S/C15H17N3O4/c1-3-11(17-15(21)16-9-19)8-18-7-10-4-5-12(22-2)6-13(10)14(18)20/h3-6,9,11H,1,7-8H2,2H3,(H2,16,17,19,21)/t11-/m1/s1. The Morgan fingerprint density at radius 1 is 1.55 bits per heavy atom. The quantitative estimate of drug-likeness (QED) is 0.597. The molecule has 0 aromatic heterocycles. The van der Waals surface area contributed by atoms with E-state index in [0.29, 0.717) is 24.3 Å². The Kier molecular flexibility index (Phi) is 4.77. The van der Waals surface area contributed by atoms with E-state index in [0.717, 1.165) is 5.56 Å². The van der Waals surface area contributed by atoms with Gasteiger partial charge >= 0.3 is 6.03 Å². The number of methoxy groups -OCH3 is 1. The summed E-state index contributed by atoms with van der Waals surface area (Å²) >= 11 is 0. The van der Waals surface area contributed by atoms with Gasteiger partial charge in [0.25, 0.3) is 5.91 Å². The monoisotopic (exact) mass is 303 g/mol. The van der Waals surface area contributed by atoms with Crippen LogP contribution in [0, 0.1) is 0 Å². The lowest BCUT2D eigenvalue weighted by Crippen LogP contribution is -2.46. The van der Waals surface area contributed by atoms with Crippen molar-refractivity contribution >= 4 is 18.3 Å². The van der Waals surface area contributed by atoms with Crippen LogP contribution in [0.5, 0.6) is 5.75 Å². The molecule has 7 nitrogen and oxygen atoms in total. The molecular formula is C15H17N3O4. The molecule has 0 aliphatic carbocycles. The molecule has 0 unspecified atom stereocenters. The lowest BCUT2D eigenvalue weighted by molar-refractivity contribution is -0.108. The van der Waals surface area contributed by atoms with Crippen LogP contribution < -0.4 is 15.4 Å². The van der Waals surface area contributed by atoms with E-state index in [1.54, 1.807) is 24.1 Å². The number of fused-ring (bicyclic) bond motifs is 1. The van der Waals surface area contributed by atoms with Gasteiger partial charge in [0.2, 0.25) is 6.41 Å². The van der Waals surface area contributed by atoms with Gasteiger partial charge < -0.3 is 15.0 Å². The van der Waals surface area contributed by atoms with E-state index in [1.807, 2.05) is 11.4 Å². The van der Waals surface area contributed by atoms with Crippen LogP contribution in [0.2, 0.25) is 0 Å². The summed E-state index contributed by atoms with van der Waals surface area (Å²) in [6.45, 7) is 4.36. The first-order valence-electron chi connectivity index (χ1n) is 6.68. The van der Waals surface area contributed by atoms with E-state index in [9.17, 15) is 14.4 Å². The van der Waals surface area contributed by atoms with Crippen molar-refractivity contribution in [2.75, 3.05) is 13.7 Å². The van der Waals surface area contributed by atoms with E-state index >= 15 is 0 Å². The van der Waals surface area contributed by atoms with Gasteiger partial charge in [0.1, 0.15) is 5.75 Å². The Hall–Kier alpha value is -2.83. The fourth-order valence-electron chi connectivity index (χ4n) is 2.29. The number of hydrogen-bond donors (Lipinski definition) is 2. The number of carbonyl (C=O) groups is 3. The number of imide groups is 1. The molecule has 0 fully saturated rings. The number of nitrogens with one attached hydrogen (secondary N) is 2. The van der Waals surface area contributed by atoms with Crippen LogP contribution in [0.3, 0.4) is 0 Å². The third-order valence-electron chi connectivity index (χ3n) is 3.40. The molecule has 1 aliphatic rings. The normalized spacial score (nSPS) is 14.0. The Labute approximate surface area is 127 Å². The van der Waals surface area contributed by atoms with Crippen molar-refractivity contribution in [2.24, 2.45) is 0 Å². The number of carbonyl (C=O) groups excluding carboxylic acids is 3. The molecular weight excluding hydrogens is 286 g/mol. The number of amides is 4. The molecule has 0 saturated carbocycles. The van der Waals surface area contributed by atoms with E-state index in [1.165, 1.54) is 6.08 Å². The topological polar surface area (TPSA) is 87.7 Å². The highest BCUT2D eigenvalue weighted by molar-refractivity contribution is 5.98. The van der Waals surface area contributed by atoms with E-state index in [4.69, 9.17) is 4.74 Å². The third-order valence-corrected chi connectivity index (χ3v) is 3.40. The van der Waals surface area contributed by atoms with Gasteiger partial charge in [0.05, 0.1) is 13.2 Å². The van der Waals surface area contributed by atoms with Crippen LogP contribution in [0.4, 0.5) is 4.79 Å². The van der Waals surface area contributed by atoms with E-state index < -0.39 is 12.1 Å². The van der Waals surface area contributed by atoms with Gasteiger partial charge in [-0.25, -0.2) is 4.79 Å². The number of urea groups is 1. The van der Waals surface area contributed by atoms with Crippen molar-refractivity contribution in [2.45, 2.75) is 12.6 Å². The van der Waals surface area contributed by atoms with Gasteiger partial charge in [-0.1, -0.05) is 12.1 Å². The Morgan fingerprint density at radius 2 is 2.32 bits per heavy atom. The van der Waals surface area contributed by atoms with Gasteiger partial charge in [0.15, 0.2) is 0 Å². The van der Waals surface area contributed by atoms with Gasteiger partial charge in [-0.05, 0) is 17.7 Å². The Morgan fingerprint density at radius 3 is 2.95 bits per heavy atom. The maximum Gasteiger partial charge on any atom is 0.321 e. The van der Waals surface area contributed by atoms with Crippen molar-refractivity contribution in [3.05, 3.63) is 42.0 Å². The molecule has 0 radical (unpaired) electrons. The molecule has 2 rings (SSSR count). The van der Waals surface area contributed by atoms with Gasteiger partial charge in [-0.15, -0.1) is 6.58 Å². The predicted molar refractivity (Wildman–Crippen MR) is 79.5 cm³/mol. The first-order valence-corrected chi connectivity index (χ1v) is 6.68. The highest BCUT2D eigenvalue weighted by atomic mass is 16.5. The number of rotatable bonds is 6. The molecule has 1 aliphatic heterocycles. The zero-order chi connectivity index (χ0) is 16.1. The van der Waals surface area contributed by atoms with Gasteiger partial charge in [-0.3, -0.25) is 14.9 Å². The molecule has 1 atom stereocenters. The van der Waals surface area contributed by atoms with Crippen LogP contribution >= 0.6 is 0 Å². The lowest BCUT2D eigenvalue weighted by atomic mass is 10.1.